The van der Waals surface area contributed by atoms with Crippen LogP contribution in [0.3, 0.4) is 0 Å². The standard InChI is InChI=1S/C36H72P2/c1-2-8-14-20-26-32-38-35-29-23-17-11-5-3-9-15-21-27-33-37(31-25-19-13-7-1)34-28-22-16-10-4-6-12-18-24-30-36-38/h1-36H2. The smallest absolute Gasteiger partial charge is 0.0326 e. The van der Waals surface area contributed by atoms with Crippen LogP contribution in [-0.2, 0) is 0 Å². The van der Waals surface area contributed by atoms with Crippen LogP contribution in [0.25, 0.3) is 0 Å². The molecule has 0 saturated carbocycles. The summed E-state index contributed by atoms with van der Waals surface area (Å²) < 4.78 is 0. The maximum absolute atomic E-state index is 1.61. The summed E-state index contributed by atoms with van der Waals surface area (Å²) >= 11 is 0. The molecule has 0 unspecified atom stereocenters. The van der Waals surface area contributed by atoms with Crippen molar-refractivity contribution in [3.63, 3.8) is 0 Å². The minimum atomic E-state index is 0.345. The first-order chi connectivity index (χ1) is 18.9. The maximum Gasteiger partial charge on any atom is -0.0326 e. The van der Waals surface area contributed by atoms with Gasteiger partial charge in [-0.05, 0) is 75.5 Å². The van der Waals surface area contributed by atoms with Crippen molar-refractivity contribution < 1.29 is 0 Å². The third-order valence-corrected chi connectivity index (χ3v) is 15.3. The molecule has 3 aliphatic heterocycles. The quantitative estimate of drug-likeness (QED) is 0.256. The van der Waals surface area contributed by atoms with E-state index < -0.39 is 0 Å². The molecule has 3 aliphatic rings. The van der Waals surface area contributed by atoms with Crippen LogP contribution in [0.5, 0.6) is 0 Å². The van der Waals surface area contributed by atoms with E-state index in [2.05, 4.69) is 0 Å². The molecule has 2 bridgehead atoms. The highest BCUT2D eigenvalue weighted by Gasteiger charge is 2.10. The van der Waals surface area contributed by atoms with Crippen molar-refractivity contribution in [1.29, 1.82) is 0 Å². The number of rotatable bonds is 0. The van der Waals surface area contributed by atoms with Crippen LogP contribution >= 0.6 is 15.8 Å². The van der Waals surface area contributed by atoms with E-state index in [-0.39, 0.29) is 0 Å². The zero-order chi connectivity index (χ0) is 26.6. The first-order valence-electron chi connectivity index (χ1n) is 18.4. The fourth-order valence-corrected chi connectivity index (χ4v) is 12.3. The molecule has 3 rings (SSSR count). The third-order valence-electron chi connectivity index (χ3n) is 9.60. The summed E-state index contributed by atoms with van der Waals surface area (Å²) in [5, 5.41) is 0. The van der Waals surface area contributed by atoms with Crippen molar-refractivity contribution in [2.75, 3.05) is 37.0 Å². The first-order valence-corrected chi connectivity index (χ1v) is 22.2. The normalized spacial score (nSPS) is 28.4. The molecule has 3 saturated heterocycles. The van der Waals surface area contributed by atoms with E-state index in [1.54, 1.807) is 75.5 Å². The molecule has 0 aromatic rings. The van der Waals surface area contributed by atoms with Gasteiger partial charge in [0.2, 0.25) is 0 Å². The van der Waals surface area contributed by atoms with Gasteiger partial charge in [-0.2, -0.15) is 0 Å². The Kier molecular flexibility index (Phi) is 25.8. The lowest BCUT2D eigenvalue weighted by Crippen LogP contribution is -1.98. The monoisotopic (exact) mass is 567 g/mol. The van der Waals surface area contributed by atoms with Crippen molar-refractivity contribution in [3.05, 3.63) is 0 Å². The number of hydrogen-bond donors (Lipinski definition) is 0. The highest BCUT2D eigenvalue weighted by molar-refractivity contribution is 7.57. The second-order valence-electron chi connectivity index (χ2n) is 13.3. The molecule has 0 amide bonds. The van der Waals surface area contributed by atoms with Gasteiger partial charge in [0.05, 0.1) is 0 Å². The SMILES string of the molecule is C1CCCCCCP2CCCCCCCCCCCCP(CCCCC1)CCCCCCCCCCCC2. The van der Waals surface area contributed by atoms with Crippen molar-refractivity contribution in [3.8, 4) is 0 Å². The Balaban J connectivity index is 1.85. The molecule has 2 heteroatoms. The zero-order valence-electron chi connectivity index (χ0n) is 26.4. The minimum Gasteiger partial charge on any atom is -0.107 e. The predicted octanol–water partition coefficient (Wildman–Crippen LogP) is 13.7. The molecular weight excluding hydrogens is 494 g/mol. The molecule has 38 heavy (non-hydrogen) atoms. The second kappa shape index (κ2) is 28.0. The second-order valence-corrected chi connectivity index (χ2v) is 18.7. The molecule has 0 aromatic heterocycles. The summed E-state index contributed by atoms with van der Waals surface area (Å²) in [6.45, 7) is 0. The molecule has 0 N–H and O–H groups in total. The topological polar surface area (TPSA) is 0 Å². The number of fused-ring (bicyclic) bond motifs is 33. The maximum atomic E-state index is 1.61. The van der Waals surface area contributed by atoms with Gasteiger partial charge >= 0.3 is 0 Å². The van der Waals surface area contributed by atoms with Gasteiger partial charge in [0.15, 0.2) is 0 Å². The van der Waals surface area contributed by atoms with Gasteiger partial charge in [-0.25, -0.2) is 0 Å². The third kappa shape index (κ3) is 22.5. The summed E-state index contributed by atoms with van der Waals surface area (Å²) in [7, 11) is 0.689. The largest absolute Gasteiger partial charge is 0.107 e. The van der Waals surface area contributed by atoms with Gasteiger partial charge in [0.1, 0.15) is 0 Å². The van der Waals surface area contributed by atoms with E-state index in [4.69, 9.17) is 0 Å². The molecule has 0 nitrogen and oxygen atoms in total. The van der Waals surface area contributed by atoms with E-state index in [0.717, 1.165) is 0 Å². The number of hydrogen-bond acceptors (Lipinski definition) is 0. The molecule has 0 atom stereocenters. The van der Waals surface area contributed by atoms with E-state index in [1.165, 1.54) is 154 Å². The molecule has 0 aliphatic carbocycles. The highest BCUT2D eigenvalue weighted by atomic mass is 31.1. The lowest BCUT2D eigenvalue weighted by Gasteiger charge is -2.18. The summed E-state index contributed by atoms with van der Waals surface area (Å²) in [5.74, 6) is 0. The van der Waals surface area contributed by atoms with E-state index in [0.29, 0.717) is 15.8 Å². The van der Waals surface area contributed by atoms with Crippen LogP contribution in [-0.4, -0.2) is 37.0 Å². The molecule has 0 aromatic carbocycles. The molecule has 0 spiro atoms. The Morgan fingerprint density at radius 2 is 0.237 bits per heavy atom. The average Bonchev–Trinajstić information content (AvgIpc) is 2.92. The first kappa shape index (κ1) is 35.1. The van der Waals surface area contributed by atoms with Gasteiger partial charge in [-0.3, -0.25) is 0 Å². The Hall–Kier alpha value is 0.860. The van der Waals surface area contributed by atoms with Crippen molar-refractivity contribution in [2.45, 2.75) is 193 Å². The van der Waals surface area contributed by atoms with Gasteiger partial charge < -0.3 is 0 Å². The zero-order valence-corrected chi connectivity index (χ0v) is 28.1. The molecule has 3 fully saturated rings. The molecule has 3 heterocycles. The van der Waals surface area contributed by atoms with Gasteiger partial charge in [-0.15, -0.1) is 15.8 Å². The van der Waals surface area contributed by atoms with Crippen LogP contribution in [0.1, 0.15) is 193 Å². The molecule has 226 valence electrons. The Morgan fingerprint density at radius 1 is 0.132 bits per heavy atom. The predicted molar refractivity (Wildman–Crippen MR) is 182 cm³/mol. The lowest BCUT2D eigenvalue weighted by molar-refractivity contribution is 0.557. The minimum absolute atomic E-state index is 0.345. The van der Waals surface area contributed by atoms with Gasteiger partial charge in [-0.1, -0.05) is 154 Å². The lowest BCUT2D eigenvalue weighted by atomic mass is 10.1. The fraction of sp³-hybridized carbons (Fsp3) is 1.00. The van der Waals surface area contributed by atoms with Crippen molar-refractivity contribution >= 4 is 15.8 Å². The Bertz CT molecular complexity index is 356. The molecular formula is C36H72P2. The fourth-order valence-electron chi connectivity index (χ4n) is 6.93. The summed E-state index contributed by atoms with van der Waals surface area (Å²) in [6, 6.07) is 0. The van der Waals surface area contributed by atoms with Crippen LogP contribution in [0, 0.1) is 0 Å². The van der Waals surface area contributed by atoms with Crippen molar-refractivity contribution in [1.82, 2.24) is 0 Å². The van der Waals surface area contributed by atoms with E-state index in [9.17, 15) is 0 Å². The average molecular weight is 567 g/mol. The highest BCUT2D eigenvalue weighted by Crippen LogP contribution is 2.40. The van der Waals surface area contributed by atoms with Crippen LogP contribution < -0.4 is 0 Å². The van der Waals surface area contributed by atoms with Crippen molar-refractivity contribution in [2.24, 2.45) is 0 Å². The van der Waals surface area contributed by atoms with Crippen LogP contribution in [0.2, 0.25) is 0 Å². The summed E-state index contributed by atoms with van der Waals surface area (Å²) in [5.41, 5.74) is 0. The van der Waals surface area contributed by atoms with Crippen LogP contribution in [0.4, 0.5) is 0 Å². The van der Waals surface area contributed by atoms with Crippen LogP contribution in [0.15, 0.2) is 0 Å². The Labute approximate surface area is 244 Å². The Morgan fingerprint density at radius 3 is 0.368 bits per heavy atom. The summed E-state index contributed by atoms with van der Waals surface area (Å²) in [6.07, 6.45) is 55.5. The summed E-state index contributed by atoms with van der Waals surface area (Å²) in [4.78, 5) is 0. The van der Waals surface area contributed by atoms with Gasteiger partial charge in [0.25, 0.3) is 0 Å². The van der Waals surface area contributed by atoms with E-state index in [1.807, 2.05) is 0 Å². The van der Waals surface area contributed by atoms with Gasteiger partial charge in [0, 0.05) is 0 Å². The molecule has 0 radical (unpaired) electrons. The van der Waals surface area contributed by atoms with E-state index >= 15 is 0 Å².